The summed E-state index contributed by atoms with van der Waals surface area (Å²) in [6.45, 7) is 2.27. The molecule has 0 aliphatic carbocycles. The highest BCUT2D eigenvalue weighted by atomic mass is 35.5. The summed E-state index contributed by atoms with van der Waals surface area (Å²) in [5, 5.41) is 2.22. The van der Waals surface area contributed by atoms with Crippen molar-refractivity contribution >= 4 is 29.3 Å². The minimum atomic E-state index is -0.456. The molecule has 1 atom stereocenters. The third-order valence-corrected chi connectivity index (χ3v) is 2.15. The summed E-state index contributed by atoms with van der Waals surface area (Å²) < 4.78 is 0. The lowest BCUT2D eigenvalue weighted by atomic mass is 10.4. The summed E-state index contributed by atoms with van der Waals surface area (Å²) in [5.74, 6) is 3.90. The Morgan fingerprint density at radius 1 is 1.83 bits per heavy atom. The Balaban J connectivity index is 3.21. The van der Waals surface area contributed by atoms with Crippen molar-refractivity contribution in [2.24, 2.45) is 0 Å². The smallest absolute Gasteiger partial charge is 0.237 e. The lowest BCUT2D eigenvalue weighted by Crippen LogP contribution is -2.31. The van der Waals surface area contributed by atoms with Crippen LogP contribution in [0.3, 0.4) is 0 Å². The molecule has 0 heterocycles. The Labute approximate surface area is 82.4 Å². The van der Waals surface area contributed by atoms with E-state index in [9.17, 15) is 4.79 Å². The number of halogens is 1. The number of thioether (sulfide) groups is 1. The van der Waals surface area contributed by atoms with Crippen molar-refractivity contribution in [2.45, 2.75) is 12.3 Å². The minimum Gasteiger partial charge on any atom is -0.354 e. The molecule has 0 bridgehead atoms. The van der Waals surface area contributed by atoms with Crippen molar-refractivity contribution in [3.05, 3.63) is 0 Å². The van der Waals surface area contributed by atoms with Crippen molar-refractivity contribution in [3.63, 3.8) is 0 Å². The topological polar surface area (TPSA) is 29.1 Å². The van der Waals surface area contributed by atoms with E-state index < -0.39 is 5.38 Å². The molecule has 1 unspecified atom stereocenters. The number of hydrogen-bond acceptors (Lipinski definition) is 2. The molecular weight excluding hydrogens is 194 g/mol. The Bertz CT molecular complexity index is 176. The van der Waals surface area contributed by atoms with E-state index in [1.54, 1.807) is 18.7 Å². The fourth-order valence-electron chi connectivity index (χ4n) is 0.518. The molecule has 4 heteroatoms. The van der Waals surface area contributed by atoms with Crippen LogP contribution < -0.4 is 5.32 Å². The van der Waals surface area contributed by atoms with E-state index in [2.05, 4.69) is 11.2 Å². The molecule has 1 N–H and O–H groups in total. The molecule has 0 aliphatic heterocycles. The second-order valence-corrected chi connectivity index (χ2v) is 3.92. The van der Waals surface area contributed by atoms with E-state index in [4.69, 9.17) is 18.0 Å². The largest absolute Gasteiger partial charge is 0.354 e. The lowest BCUT2D eigenvalue weighted by Gasteiger charge is -2.04. The van der Waals surface area contributed by atoms with Gasteiger partial charge in [-0.2, -0.15) is 0 Å². The fourth-order valence-corrected chi connectivity index (χ4v) is 1.10. The first-order valence-electron chi connectivity index (χ1n) is 3.61. The third-order valence-electron chi connectivity index (χ3n) is 1.09. The molecule has 12 heavy (non-hydrogen) atoms. The number of nitrogens with one attached hydrogen (secondary N) is 1. The number of hydrogen-bond donors (Lipinski definition) is 1. The van der Waals surface area contributed by atoms with E-state index in [1.165, 1.54) is 0 Å². The third kappa shape index (κ3) is 6.38. The molecule has 0 aliphatic rings. The molecule has 2 nitrogen and oxygen atoms in total. The number of rotatable bonds is 5. The van der Waals surface area contributed by atoms with Gasteiger partial charge in [-0.05, 0) is 6.92 Å². The summed E-state index contributed by atoms with van der Waals surface area (Å²) in [4.78, 5) is 10.9. The Kier molecular flexibility index (Phi) is 7.12. The van der Waals surface area contributed by atoms with Gasteiger partial charge in [-0.15, -0.1) is 29.8 Å². The van der Waals surface area contributed by atoms with E-state index >= 15 is 0 Å². The molecular formula is C8H12ClNOS. The average Bonchev–Trinajstić information content (AvgIpc) is 2.03. The molecule has 0 fully saturated rings. The number of terminal acetylenes is 1. The molecule has 0 aromatic carbocycles. The highest BCUT2D eigenvalue weighted by molar-refractivity contribution is 7.99. The second kappa shape index (κ2) is 7.33. The monoisotopic (exact) mass is 205 g/mol. The normalized spacial score (nSPS) is 11.8. The van der Waals surface area contributed by atoms with Crippen molar-refractivity contribution in [2.75, 3.05) is 18.1 Å². The van der Waals surface area contributed by atoms with Gasteiger partial charge in [0.15, 0.2) is 0 Å². The highest BCUT2D eigenvalue weighted by Gasteiger charge is 2.06. The minimum absolute atomic E-state index is 0.127. The van der Waals surface area contributed by atoms with E-state index in [0.29, 0.717) is 12.3 Å². The second-order valence-electron chi connectivity index (χ2n) is 2.16. The molecule has 0 radical (unpaired) electrons. The van der Waals surface area contributed by atoms with Crippen LogP contribution in [0.4, 0.5) is 0 Å². The molecule has 0 aromatic rings. The van der Waals surface area contributed by atoms with Gasteiger partial charge in [-0.25, -0.2) is 0 Å². The molecule has 68 valence electrons. The van der Waals surface area contributed by atoms with Crippen LogP contribution in [0.15, 0.2) is 0 Å². The molecule has 1 amide bonds. The van der Waals surface area contributed by atoms with Crippen LogP contribution in [0.5, 0.6) is 0 Å². The van der Waals surface area contributed by atoms with Gasteiger partial charge in [0.1, 0.15) is 5.38 Å². The summed E-state index contributed by atoms with van der Waals surface area (Å²) in [6, 6.07) is 0. The molecule has 0 aromatic heterocycles. The van der Waals surface area contributed by atoms with Gasteiger partial charge >= 0.3 is 0 Å². The van der Waals surface area contributed by atoms with Gasteiger partial charge in [0, 0.05) is 12.3 Å². The number of carbonyl (C=O) groups is 1. The van der Waals surface area contributed by atoms with Crippen molar-refractivity contribution in [1.82, 2.24) is 5.32 Å². The quantitative estimate of drug-likeness (QED) is 0.414. The van der Waals surface area contributed by atoms with Gasteiger partial charge in [0.25, 0.3) is 0 Å². The van der Waals surface area contributed by atoms with Gasteiger partial charge in [-0.3, -0.25) is 4.79 Å². The molecule has 0 saturated carbocycles. The van der Waals surface area contributed by atoms with Crippen LogP contribution in [0, 0.1) is 12.3 Å². The number of alkyl halides is 1. The zero-order chi connectivity index (χ0) is 9.40. The van der Waals surface area contributed by atoms with Crippen molar-refractivity contribution < 1.29 is 4.79 Å². The van der Waals surface area contributed by atoms with Gasteiger partial charge < -0.3 is 5.32 Å². The standard InChI is InChI=1S/C8H12ClNOS/c1-3-5-12-6-4-10-8(11)7(2)9/h1,7H,4-6H2,2H3,(H,10,11). The Morgan fingerprint density at radius 3 is 3.00 bits per heavy atom. The molecule has 0 spiro atoms. The first kappa shape index (κ1) is 11.7. The number of carbonyl (C=O) groups excluding carboxylic acids is 1. The number of amides is 1. The maximum Gasteiger partial charge on any atom is 0.237 e. The Morgan fingerprint density at radius 2 is 2.50 bits per heavy atom. The highest BCUT2D eigenvalue weighted by Crippen LogP contribution is 1.96. The predicted molar refractivity (Wildman–Crippen MR) is 54.5 cm³/mol. The lowest BCUT2D eigenvalue weighted by molar-refractivity contribution is -0.120. The van der Waals surface area contributed by atoms with Crippen LogP contribution in [0.25, 0.3) is 0 Å². The molecule has 0 rings (SSSR count). The maximum atomic E-state index is 10.9. The van der Waals surface area contributed by atoms with Gasteiger partial charge in [0.2, 0.25) is 5.91 Å². The summed E-state index contributed by atoms with van der Waals surface area (Å²) in [5.41, 5.74) is 0. The maximum absolute atomic E-state index is 10.9. The Hall–Kier alpha value is -0.330. The van der Waals surface area contributed by atoms with Crippen LogP contribution in [0.2, 0.25) is 0 Å². The summed E-state index contributed by atoms with van der Waals surface area (Å²) in [6.07, 6.45) is 5.04. The molecule has 0 saturated heterocycles. The zero-order valence-corrected chi connectivity index (χ0v) is 8.54. The summed E-state index contributed by atoms with van der Waals surface area (Å²) in [7, 11) is 0. The van der Waals surface area contributed by atoms with Crippen LogP contribution in [-0.2, 0) is 4.79 Å². The predicted octanol–water partition coefficient (Wildman–Crippen LogP) is 1.10. The first-order valence-corrected chi connectivity index (χ1v) is 5.20. The first-order chi connectivity index (χ1) is 5.68. The van der Waals surface area contributed by atoms with Crippen LogP contribution in [0.1, 0.15) is 6.92 Å². The van der Waals surface area contributed by atoms with E-state index in [1.807, 2.05) is 0 Å². The zero-order valence-electron chi connectivity index (χ0n) is 6.97. The fraction of sp³-hybridized carbons (Fsp3) is 0.625. The van der Waals surface area contributed by atoms with Gasteiger partial charge in [-0.1, -0.05) is 5.92 Å². The van der Waals surface area contributed by atoms with Crippen molar-refractivity contribution in [1.29, 1.82) is 0 Å². The van der Waals surface area contributed by atoms with E-state index in [0.717, 1.165) is 5.75 Å². The SMILES string of the molecule is C#CCSCCNC(=O)C(C)Cl. The summed E-state index contributed by atoms with van der Waals surface area (Å²) >= 11 is 7.13. The van der Waals surface area contributed by atoms with Crippen LogP contribution in [-0.4, -0.2) is 29.3 Å². The van der Waals surface area contributed by atoms with E-state index in [-0.39, 0.29) is 5.91 Å². The van der Waals surface area contributed by atoms with Crippen LogP contribution >= 0.6 is 23.4 Å². The average molecular weight is 206 g/mol. The van der Waals surface area contributed by atoms with Crippen molar-refractivity contribution in [3.8, 4) is 12.3 Å². The van der Waals surface area contributed by atoms with Gasteiger partial charge in [0.05, 0.1) is 5.75 Å².